The zero-order valence-electron chi connectivity index (χ0n) is 10.2. The number of anilines is 1. The maximum Gasteiger partial charge on any atom is 0.150 e. The van der Waals surface area contributed by atoms with Crippen LogP contribution in [0.25, 0.3) is 11.1 Å². The van der Waals surface area contributed by atoms with Gasteiger partial charge in [0, 0.05) is 24.1 Å². The van der Waals surface area contributed by atoms with Crippen LogP contribution in [0.5, 0.6) is 0 Å². The highest BCUT2D eigenvalue weighted by molar-refractivity contribution is 5.63. The second-order valence-corrected chi connectivity index (χ2v) is 4.65. The lowest BCUT2D eigenvalue weighted by molar-refractivity contribution is -0.0394. The van der Waals surface area contributed by atoms with Crippen molar-refractivity contribution in [3.05, 3.63) is 36.7 Å². The third kappa shape index (κ3) is 2.24. The summed E-state index contributed by atoms with van der Waals surface area (Å²) in [7, 11) is 0. The number of benzene rings is 1. The largest absolute Gasteiger partial charge is 0.399 e. The van der Waals surface area contributed by atoms with Gasteiger partial charge in [-0.3, -0.25) is 0 Å². The number of hydrogen-bond acceptors (Lipinski definition) is 3. The molecule has 94 valence electrons. The number of ether oxygens (including phenoxy) is 1. The van der Waals surface area contributed by atoms with Gasteiger partial charge in [-0.1, -0.05) is 12.1 Å². The highest BCUT2D eigenvalue weighted by atomic mass is 16.5. The smallest absolute Gasteiger partial charge is 0.150 e. The van der Waals surface area contributed by atoms with Gasteiger partial charge < -0.3 is 10.5 Å². The highest BCUT2D eigenvalue weighted by Crippen LogP contribution is 2.25. The molecule has 1 aliphatic rings. The molecule has 0 spiro atoms. The summed E-state index contributed by atoms with van der Waals surface area (Å²) < 4.78 is 7.63. The topological polar surface area (TPSA) is 53.1 Å². The van der Waals surface area contributed by atoms with E-state index >= 15 is 0 Å². The number of aromatic nitrogens is 2. The predicted molar refractivity (Wildman–Crippen MR) is 70.9 cm³/mol. The van der Waals surface area contributed by atoms with Crippen LogP contribution < -0.4 is 5.73 Å². The molecule has 1 fully saturated rings. The van der Waals surface area contributed by atoms with Gasteiger partial charge in [0.15, 0.2) is 0 Å². The summed E-state index contributed by atoms with van der Waals surface area (Å²) in [4.78, 5) is 0. The molecular weight excluding hydrogens is 226 g/mol. The van der Waals surface area contributed by atoms with Crippen LogP contribution in [0, 0.1) is 0 Å². The summed E-state index contributed by atoms with van der Waals surface area (Å²) in [6, 6.07) is 7.84. The summed E-state index contributed by atoms with van der Waals surface area (Å²) >= 11 is 0. The Bertz CT molecular complexity index is 512. The van der Waals surface area contributed by atoms with E-state index < -0.39 is 0 Å². The van der Waals surface area contributed by atoms with Crippen molar-refractivity contribution in [1.82, 2.24) is 9.78 Å². The molecule has 0 saturated carbocycles. The van der Waals surface area contributed by atoms with Crippen LogP contribution in [-0.2, 0) is 4.74 Å². The van der Waals surface area contributed by atoms with Gasteiger partial charge in [-0.05, 0) is 37.0 Å². The average Bonchev–Trinajstić information content (AvgIpc) is 2.90. The summed E-state index contributed by atoms with van der Waals surface area (Å²) in [5.41, 5.74) is 8.70. The summed E-state index contributed by atoms with van der Waals surface area (Å²) in [5, 5.41) is 4.40. The van der Waals surface area contributed by atoms with Gasteiger partial charge in [-0.15, -0.1) is 0 Å². The second kappa shape index (κ2) is 4.82. The minimum absolute atomic E-state index is 0.0984. The van der Waals surface area contributed by atoms with Crippen molar-refractivity contribution < 1.29 is 4.74 Å². The van der Waals surface area contributed by atoms with E-state index in [1.54, 1.807) is 0 Å². The fraction of sp³-hybridized carbons (Fsp3) is 0.357. The van der Waals surface area contributed by atoms with E-state index in [0.717, 1.165) is 36.3 Å². The molecule has 4 nitrogen and oxygen atoms in total. The molecular formula is C14H17N3O. The SMILES string of the molecule is Nc1ccc(-c2cnn([C@@H]3CCCCO3)c2)cc1. The molecule has 1 saturated heterocycles. The third-order valence-electron chi connectivity index (χ3n) is 3.30. The standard InChI is InChI=1S/C14H17N3O/c15-13-6-4-11(5-7-13)12-9-16-17(10-12)14-3-1-2-8-18-14/h4-7,9-10,14H,1-3,8,15H2/t14-/m0/s1. The van der Waals surface area contributed by atoms with Crippen molar-refractivity contribution >= 4 is 5.69 Å². The lowest BCUT2D eigenvalue weighted by Gasteiger charge is -2.22. The molecule has 1 atom stereocenters. The molecule has 1 aromatic heterocycles. The maximum absolute atomic E-state index is 5.71. The molecule has 0 bridgehead atoms. The minimum atomic E-state index is 0.0984. The van der Waals surface area contributed by atoms with Gasteiger partial charge in [0.1, 0.15) is 6.23 Å². The number of hydrogen-bond donors (Lipinski definition) is 1. The summed E-state index contributed by atoms with van der Waals surface area (Å²) in [6.07, 6.45) is 7.43. The molecule has 2 heterocycles. The molecule has 1 aromatic carbocycles. The molecule has 18 heavy (non-hydrogen) atoms. The first-order chi connectivity index (χ1) is 8.83. The number of nitrogens with zero attached hydrogens (tertiary/aromatic N) is 2. The van der Waals surface area contributed by atoms with Crippen LogP contribution in [0.15, 0.2) is 36.7 Å². The van der Waals surface area contributed by atoms with Gasteiger partial charge >= 0.3 is 0 Å². The van der Waals surface area contributed by atoms with Gasteiger partial charge in [-0.25, -0.2) is 4.68 Å². The lowest BCUT2D eigenvalue weighted by atomic mass is 10.1. The van der Waals surface area contributed by atoms with Crippen LogP contribution in [0.3, 0.4) is 0 Å². The van der Waals surface area contributed by atoms with Crippen molar-refractivity contribution in [2.24, 2.45) is 0 Å². The van der Waals surface area contributed by atoms with Gasteiger partial charge in [0.05, 0.1) is 6.20 Å². The number of nitrogen functional groups attached to an aromatic ring is 1. The van der Waals surface area contributed by atoms with Gasteiger partial charge in [0.2, 0.25) is 0 Å². The van der Waals surface area contributed by atoms with Crippen molar-refractivity contribution in [3.8, 4) is 11.1 Å². The van der Waals surface area contributed by atoms with Crippen molar-refractivity contribution in [3.63, 3.8) is 0 Å². The normalized spacial score (nSPS) is 19.9. The number of rotatable bonds is 2. The first-order valence-corrected chi connectivity index (χ1v) is 6.34. The first kappa shape index (κ1) is 11.3. The maximum atomic E-state index is 5.71. The zero-order valence-corrected chi connectivity index (χ0v) is 10.2. The fourth-order valence-electron chi connectivity index (χ4n) is 2.25. The monoisotopic (exact) mass is 243 g/mol. The molecule has 1 aliphatic heterocycles. The number of nitrogens with two attached hydrogens (primary N) is 1. The summed E-state index contributed by atoms with van der Waals surface area (Å²) in [6.45, 7) is 0.835. The lowest BCUT2D eigenvalue weighted by Crippen LogP contribution is -2.18. The average molecular weight is 243 g/mol. The Labute approximate surface area is 106 Å². The molecule has 2 N–H and O–H groups in total. The Morgan fingerprint density at radius 2 is 2.00 bits per heavy atom. The van der Waals surface area contributed by atoms with Crippen LogP contribution >= 0.6 is 0 Å². The van der Waals surface area contributed by atoms with E-state index in [1.807, 2.05) is 41.3 Å². The Morgan fingerprint density at radius 1 is 1.17 bits per heavy atom. The van der Waals surface area contributed by atoms with E-state index in [0.29, 0.717) is 0 Å². The molecule has 0 unspecified atom stereocenters. The van der Waals surface area contributed by atoms with Crippen LogP contribution in [0.1, 0.15) is 25.5 Å². The van der Waals surface area contributed by atoms with Crippen molar-refractivity contribution in [1.29, 1.82) is 0 Å². The van der Waals surface area contributed by atoms with Crippen LogP contribution in [-0.4, -0.2) is 16.4 Å². The van der Waals surface area contributed by atoms with E-state index in [2.05, 4.69) is 5.10 Å². The Hall–Kier alpha value is -1.81. The third-order valence-corrected chi connectivity index (χ3v) is 3.30. The quantitative estimate of drug-likeness (QED) is 0.825. The molecule has 4 heteroatoms. The van der Waals surface area contributed by atoms with Crippen LogP contribution in [0.4, 0.5) is 5.69 Å². The van der Waals surface area contributed by atoms with Gasteiger partial charge in [0.25, 0.3) is 0 Å². The highest BCUT2D eigenvalue weighted by Gasteiger charge is 2.16. The van der Waals surface area contributed by atoms with Crippen LogP contribution in [0.2, 0.25) is 0 Å². The van der Waals surface area contributed by atoms with E-state index in [1.165, 1.54) is 6.42 Å². The molecule has 0 aliphatic carbocycles. The van der Waals surface area contributed by atoms with Gasteiger partial charge in [-0.2, -0.15) is 5.10 Å². The van der Waals surface area contributed by atoms with E-state index in [9.17, 15) is 0 Å². The predicted octanol–water partition coefficient (Wildman–Crippen LogP) is 2.83. The summed E-state index contributed by atoms with van der Waals surface area (Å²) in [5.74, 6) is 0. The van der Waals surface area contributed by atoms with E-state index in [4.69, 9.17) is 10.5 Å². The Balaban J connectivity index is 1.82. The molecule has 0 amide bonds. The fourth-order valence-corrected chi connectivity index (χ4v) is 2.25. The van der Waals surface area contributed by atoms with Crippen molar-refractivity contribution in [2.75, 3.05) is 12.3 Å². The second-order valence-electron chi connectivity index (χ2n) is 4.65. The van der Waals surface area contributed by atoms with Crippen molar-refractivity contribution in [2.45, 2.75) is 25.5 Å². The first-order valence-electron chi connectivity index (χ1n) is 6.34. The van der Waals surface area contributed by atoms with E-state index in [-0.39, 0.29) is 6.23 Å². The molecule has 3 rings (SSSR count). The minimum Gasteiger partial charge on any atom is -0.399 e. The molecule has 2 aromatic rings. The Kier molecular flexibility index (Phi) is 3.02. The zero-order chi connectivity index (χ0) is 12.4. The Morgan fingerprint density at radius 3 is 2.72 bits per heavy atom. The molecule has 0 radical (unpaired) electrons.